The Kier molecular flexibility index (Phi) is 3.84. The van der Waals surface area contributed by atoms with Crippen LogP contribution >= 0.6 is 0 Å². The molecule has 2 heterocycles. The Morgan fingerprint density at radius 2 is 1.83 bits per heavy atom. The van der Waals surface area contributed by atoms with Gasteiger partial charge in [0.15, 0.2) is 0 Å². The molecule has 0 aromatic carbocycles. The number of nitrogens with one attached hydrogen (secondary N) is 1. The molecule has 1 saturated heterocycles. The highest BCUT2D eigenvalue weighted by molar-refractivity contribution is 5.44. The number of nitrogens with zero attached hydrogens (tertiary/aromatic N) is 5. The Labute approximate surface area is 108 Å². The van der Waals surface area contributed by atoms with Gasteiger partial charge in [-0.2, -0.15) is 15.0 Å². The summed E-state index contributed by atoms with van der Waals surface area (Å²) < 4.78 is 0. The summed E-state index contributed by atoms with van der Waals surface area (Å²) in [7, 11) is 5.71. The highest BCUT2D eigenvalue weighted by Gasteiger charge is 2.19. The van der Waals surface area contributed by atoms with Crippen LogP contribution < -0.4 is 15.1 Å². The van der Waals surface area contributed by atoms with Crippen LogP contribution in [-0.2, 0) is 0 Å². The third-order valence-corrected chi connectivity index (χ3v) is 3.30. The fraction of sp³-hybridized carbons (Fsp3) is 0.750. The van der Waals surface area contributed by atoms with Crippen molar-refractivity contribution in [3.63, 3.8) is 0 Å². The molecule has 0 bridgehead atoms. The first-order chi connectivity index (χ1) is 8.60. The van der Waals surface area contributed by atoms with Gasteiger partial charge in [0.1, 0.15) is 0 Å². The Hall–Kier alpha value is -1.59. The molecule has 0 radical (unpaired) electrons. The van der Waals surface area contributed by atoms with Crippen molar-refractivity contribution in [3.8, 4) is 0 Å². The van der Waals surface area contributed by atoms with Gasteiger partial charge in [0.25, 0.3) is 0 Å². The summed E-state index contributed by atoms with van der Waals surface area (Å²) in [6, 6.07) is 0. The predicted molar refractivity (Wildman–Crippen MR) is 74.3 cm³/mol. The Bertz CT molecular complexity index is 398. The van der Waals surface area contributed by atoms with E-state index in [-0.39, 0.29) is 0 Å². The topological polar surface area (TPSA) is 57.2 Å². The molecule has 1 aromatic rings. The van der Waals surface area contributed by atoms with Crippen LogP contribution in [-0.4, -0.2) is 49.2 Å². The summed E-state index contributed by atoms with van der Waals surface area (Å²) in [5.41, 5.74) is 0. The van der Waals surface area contributed by atoms with Crippen molar-refractivity contribution < 1.29 is 0 Å². The average molecular weight is 250 g/mol. The molecular formula is C12H22N6. The van der Waals surface area contributed by atoms with E-state index in [1.807, 2.05) is 26.0 Å². The highest BCUT2D eigenvalue weighted by atomic mass is 15.3. The van der Waals surface area contributed by atoms with Gasteiger partial charge in [0.05, 0.1) is 0 Å². The van der Waals surface area contributed by atoms with Crippen LogP contribution in [0.1, 0.15) is 19.8 Å². The second-order valence-corrected chi connectivity index (χ2v) is 5.07. The van der Waals surface area contributed by atoms with Crippen molar-refractivity contribution in [2.24, 2.45) is 5.92 Å². The Balaban J connectivity index is 2.23. The van der Waals surface area contributed by atoms with E-state index >= 15 is 0 Å². The quantitative estimate of drug-likeness (QED) is 0.870. The maximum absolute atomic E-state index is 4.52. The van der Waals surface area contributed by atoms with Crippen LogP contribution in [0.5, 0.6) is 0 Å². The van der Waals surface area contributed by atoms with Crippen LogP contribution in [0.25, 0.3) is 0 Å². The van der Waals surface area contributed by atoms with Crippen LogP contribution in [0.3, 0.4) is 0 Å². The molecule has 0 saturated carbocycles. The maximum Gasteiger partial charge on any atom is 0.231 e. The van der Waals surface area contributed by atoms with E-state index in [2.05, 4.69) is 32.1 Å². The van der Waals surface area contributed by atoms with Crippen molar-refractivity contribution in [2.45, 2.75) is 19.8 Å². The number of aromatic nitrogens is 3. The lowest BCUT2D eigenvalue weighted by molar-refractivity contribution is 0.434. The van der Waals surface area contributed by atoms with E-state index in [0.29, 0.717) is 11.9 Å². The summed E-state index contributed by atoms with van der Waals surface area (Å²) >= 11 is 0. The smallest absolute Gasteiger partial charge is 0.231 e. The number of rotatable bonds is 3. The third-order valence-electron chi connectivity index (χ3n) is 3.30. The molecule has 100 valence electrons. The molecule has 1 aromatic heterocycles. The number of piperidine rings is 1. The molecular weight excluding hydrogens is 228 g/mol. The Morgan fingerprint density at radius 1 is 1.17 bits per heavy atom. The van der Waals surface area contributed by atoms with E-state index in [0.717, 1.165) is 25.0 Å². The molecule has 0 spiro atoms. The second kappa shape index (κ2) is 5.37. The minimum atomic E-state index is 0.627. The van der Waals surface area contributed by atoms with Crippen LogP contribution in [0.4, 0.5) is 17.8 Å². The number of hydrogen-bond donors (Lipinski definition) is 1. The van der Waals surface area contributed by atoms with E-state index in [9.17, 15) is 0 Å². The van der Waals surface area contributed by atoms with Crippen molar-refractivity contribution in [3.05, 3.63) is 0 Å². The summed E-state index contributed by atoms with van der Waals surface area (Å²) in [6.45, 7) is 4.36. The summed E-state index contributed by atoms with van der Waals surface area (Å²) in [4.78, 5) is 17.4. The molecule has 6 heteroatoms. The summed E-state index contributed by atoms with van der Waals surface area (Å²) in [5.74, 6) is 2.91. The fourth-order valence-corrected chi connectivity index (χ4v) is 2.02. The van der Waals surface area contributed by atoms with Crippen LogP contribution in [0.15, 0.2) is 0 Å². The average Bonchev–Trinajstić information content (AvgIpc) is 2.39. The van der Waals surface area contributed by atoms with Crippen molar-refractivity contribution in [1.82, 2.24) is 15.0 Å². The first-order valence-electron chi connectivity index (χ1n) is 6.46. The molecule has 6 nitrogen and oxygen atoms in total. The molecule has 2 rings (SSSR count). The van der Waals surface area contributed by atoms with Crippen LogP contribution in [0.2, 0.25) is 0 Å². The first-order valence-corrected chi connectivity index (χ1v) is 6.46. The molecule has 0 amide bonds. The molecule has 1 N–H and O–H groups in total. The van der Waals surface area contributed by atoms with E-state index in [1.54, 1.807) is 0 Å². The summed E-state index contributed by atoms with van der Waals surface area (Å²) in [6.07, 6.45) is 2.41. The van der Waals surface area contributed by atoms with Crippen molar-refractivity contribution >= 4 is 17.8 Å². The van der Waals surface area contributed by atoms with Gasteiger partial charge in [-0.3, -0.25) is 0 Å². The normalized spacial score (nSPS) is 16.8. The monoisotopic (exact) mass is 250 g/mol. The van der Waals surface area contributed by atoms with Crippen molar-refractivity contribution in [2.75, 3.05) is 49.3 Å². The zero-order valence-corrected chi connectivity index (χ0v) is 11.6. The molecule has 1 aliphatic rings. The van der Waals surface area contributed by atoms with Gasteiger partial charge in [0, 0.05) is 34.2 Å². The van der Waals surface area contributed by atoms with Gasteiger partial charge in [-0.15, -0.1) is 0 Å². The van der Waals surface area contributed by atoms with Gasteiger partial charge in [-0.1, -0.05) is 6.92 Å². The van der Waals surface area contributed by atoms with Crippen molar-refractivity contribution in [1.29, 1.82) is 0 Å². The number of anilines is 3. The standard InChI is InChI=1S/C12H22N6/c1-9-5-7-18(8-6-9)12-15-10(13-2)14-11(16-12)17(3)4/h9H,5-8H2,1-4H3,(H,13,14,15,16). The largest absolute Gasteiger partial charge is 0.357 e. The lowest BCUT2D eigenvalue weighted by Gasteiger charge is -2.30. The zero-order chi connectivity index (χ0) is 13.1. The maximum atomic E-state index is 4.52. The van der Waals surface area contributed by atoms with Gasteiger partial charge < -0.3 is 15.1 Å². The molecule has 0 atom stereocenters. The van der Waals surface area contributed by atoms with Gasteiger partial charge in [-0.25, -0.2) is 0 Å². The first kappa shape index (κ1) is 12.9. The lowest BCUT2D eigenvalue weighted by atomic mass is 10.00. The third kappa shape index (κ3) is 2.80. The minimum Gasteiger partial charge on any atom is -0.357 e. The van der Waals surface area contributed by atoms with Gasteiger partial charge in [0.2, 0.25) is 17.8 Å². The summed E-state index contributed by atoms with van der Waals surface area (Å²) in [5, 5.41) is 2.99. The van der Waals surface area contributed by atoms with Crippen LogP contribution in [0, 0.1) is 5.92 Å². The Morgan fingerprint density at radius 3 is 2.39 bits per heavy atom. The molecule has 1 aliphatic heterocycles. The predicted octanol–water partition coefficient (Wildman–Crippen LogP) is 1.22. The number of hydrogen-bond acceptors (Lipinski definition) is 6. The van der Waals surface area contributed by atoms with Gasteiger partial charge >= 0.3 is 0 Å². The fourth-order valence-electron chi connectivity index (χ4n) is 2.02. The lowest BCUT2D eigenvalue weighted by Crippen LogP contribution is -2.34. The van der Waals surface area contributed by atoms with E-state index < -0.39 is 0 Å². The minimum absolute atomic E-state index is 0.627. The SMILES string of the molecule is CNc1nc(N(C)C)nc(N2CCC(C)CC2)n1. The molecule has 0 unspecified atom stereocenters. The van der Waals surface area contributed by atoms with E-state index in [4.69, 9.17) is 0 Å². The van der Waals surface area contributed by atoms with E-state index in [1.165, 1.54) is 12.8 Å². The molecule has 18 heavy (non-hydrogen) atoms. The zero-order valence-electron chi connectivity index (χ0n) is 11.6. The van der Waals surface area contributed by atoms with Gasteiger partial charge in [-0.05, 0) is 18.8 Å². The molecule has 0 aliphatic carbocycles. The molecule has 1 fully saturated rings. The second-order valence-electron chi connectivity index (χ2n) is 5.07. The highest BCUT2D eigenvalue weighted by Crippen LogP contribution is 2.21.